The van der Waals surface area contributed by atoms with Crippen LogP contribution in [0.15, 0.2) is 0 Å². The number of fused-ring (bicyclic) bond motifs is 1. The number of amides is 2. The molecule has 1 fully saturated rings. The highest BCUT2D eigenvalue weighted by Gasteiger charge is 2.35. The van der Waals surface area contributed by atoms with Gasteiger partial charge in [0.25, 0.3) is 5.91 Å². The highest BCUT2D eigenvalue weighted by atomic mass is 35.5. The lowest BCUT2D eigenvalue weighted by Crippen LogP contribution is -2.42. The smallest absolute Gasteiger partial charge is 0.410 e. The Morgan fingerprint density at radius 1 is 1.23 bits per heavy atom. The molecule has 0 saturated carbocycles. The minimum absolute atomic E-state index is 0.233. The van der Waals surface area contributed by atoms with Crippen LogP contribution in [0.4, 0.5) is 4.79 Å². The average Bonchev–Trinajstić information content (AvgIpc) is 2.85. The zero-order valence-corrected chi connectivity index (χ0v) is 16.3. The second-order valence-electron chi connectivity index (χ2n) is 7.83. The molecule has 0 aliphatic carbocycles. The van der Waals surface area contributed by atoms with Crippen molar-refractivity contribution in [3.63, 3.8) is 0 Å². The van der Waals surface area contributed by atoms with Gasteiger partial charge in [-0.05, 0) is 33.6 Å². The Kier molecular flexibility index (Phi) is 5.21. The summed E-state index contributed by atoms with van der Waals surface area (Å²) in [6.45, 7) is 8.16. The van der Waals surface area contributed by atoms with Crippen molar-refractivity contribution in [2.75, 3.05) is 19.8 Å². The molecule has 2 N–H and O–H groups in total. The van der Waals surface area contributed by atoms with E-state index < -0.39 is 17.6 Å². The molecular formula is C18H26ClN3O4. The third-order valence-electron chi connectivity index (χ3n) is 4.79. The number of hydrogen-bond acceptors (Lipinski definition) is 4. The molecule has 1 saturated heterocycles. The van der Waals surface area contributed by atoms with Gasteiger partial charge in [-0.2, -0.15) is 0 Å². The predicted octanol–water partition coefficient (Wildman–Crippen LogP) is 2.89. The average molecular weight is 384 g/mol. The highest BCUT2D eigenvalue weighted by molar-refractivity contribution is 6.35. The molecule has 0 bridgehead atoms. The van der Waals surface area contributed by atoms with E-state index in [2.05, 4.69) is 4.57 Å². The van der Waals surface area contributed by atoms with Crippen LogP contribution in [0, 0.1) is 0 Å². The van der Waals surface area contributed by atoms with E-state index in [0.29, 0.717) is 42.6 Å². The number of carbonyl (C=O) groups is 2. The SMILES string of the molecule is CC(C)(C)OC(=O)N1CCn2c(c(C(N)=O)c(Cl)c2C2CCOCC2)C1. The van der Waals surface area contributed by atoms with Crippen LogP contribution in [-0.4, -0.2) is 46.8 Å². The molecule has 144 valence electrons. The summed E-state index contributed by atoms with van der Waals surface area (Å²) in [5.74, 6) is -0.334. The van der Waals surface area contributed by atoms with Crippen molar-refractivity contribution in [1.29, 1.82) is 0 Å². The van der Waals surface area contributed by atoms with Crippen LogP contribution in [0.2, 0.25) is 5.02 Å². The number of ether oxygens (including phenoxy) is 2. The number of rotatable bonds is 2. The summed E-state index contributed by atoms with van der Waals surface area (Å²) in [6.07, 6.45) is 1.32. The van der Waals surface area contributed by atoms with Crippen molar-refractivity contribution in [3.8, 4) is 0 Å². The largest absolute Gasteiger partial charge is 0.444 e. The molecule has 2 aliphatic heterocycles. The van der Waals surface area contributed by atoms with Gasteiger partial charge in [0.15, 0.2) is 0 Å². The number of nitrogens with zero attached hydrogens (tertiary/aromatic N) is 2. The van der Waals surface area contributed by atoms with E-state index >= 15 is 0 Å². The molecule has 0 spiro atoms. The topological polar surface area (TPSA) is 86.8 Å². The standard InChI is InChI=1S/C18H26ClN3O4/c1-18(2,3)26-17(24)21-6-7-22-12(10-21)13(16(20)23)14(19)15(22)11-4-8-25-9-5-11/h11H,4-10H2,1-3H3,(H2,20,23). The lowest BCUT2D eigenvalue weighted by Gasteiger charge is -2.33. The molecule has 0 radical (unpaired) electrons. The number of hydrogen-bond donors (Lipinski definition) is 1. The van der Waals surface area contributed by atoms with E-state index in [4.69, 9.17) is 26.8 Å². The van der Waals surface area contributed by atoms with Crippen molar-refractivity contribution >= 4 is 23.6 Å². The van der Waals surface area contributed by atoms with Gasteiger partial charge >= 0.3 is 6.09 Å². The molecule has 26 heavy (non-hydrogen) atoms. The van der Waals surface area contributed by atoms with Crippen molar-refractivity contribution < 1.29 is 19.1 Å². The molecule has 3 heterocycles. The summed E-state index contributed by atoms with van der Waals surface area (Å²) in [5.41, 5.74) is 7.00. The molecule has 1 aromatic rings. The minimum Gasteiger partial charge on any atom is -0.444 e. The molecule has 3 rings (SSSR count). The number of carbonyl (C=O) groups excluding carboxylic acids is 2. The molecule has 0 unspecified atom stereocenters. The maximum absolute atomic E-state index is 12.4. The molecule has 7 nitrogen and oxygen atoms in total. The lowest BCUT2D eigenvalue weighted by molar-refractivity contribution is 0.0195. The van der Waals surface area contributed by atoms with Crippen molar-refractivity contribution in [3.05, 3.63) is 22.0 Å². The van der Waals surface area contributed by atoms with Gasteiger partial charge in [0.2, 0.25) is 0 Å². The molecule has 0 atom stereocenters. The monoisotopic (exact) mass is 383 g/mol. The van der Waals surface area contributed by atoms with Gasteiger partial charge in [-0.1, -0.05) is 11.6 Å². The van der Waals surface area contributed by atoms with Crippen LogP contribution in [0.5, 0.6) is 0 Å². The van der Waals surface area contributed by atoms with Crippen LogP contribution < -0.4 is 5.73 Å². The van der Waals surface area contributed by atoms with Crippen LogP contribution in [0.3, 0.4) is 0 Å². The first-order valence-corrected chi connectivity index (χ1v) is 9.33. The van der Waals surface area contributed by atoms with Gasteiger partial charge in [0.1, 0.15) is 5.60 Å². The Morgan fingerprint density at radius 3 is 2.46 bits per heavy atom. The summed E-state index contributed by atoms with van der Waals surface area (Å²) in [4.78, 5) is 26.1. The van der Waals surface area contributed by atoms with Crippen molar-refractivity contribution in [1.82, 2.24) is 9.47 Å². The minimum atomic E-state index is -0.575. The lowest BCUT2D eigenvalue weighted by atomic mass is 9.96. The first-order chi connectivity index (χ1) is 12.2. The van der Waals surface area contributed by atoms with Gasteiger partial charge in [0.05, 0.1) is 22.8 Å². The Hall–Kier alpha value is -1.73. The summed E-state index contributed by atoms with van der Waals surface area (Å²) < 4.78 is 13.0. The predicted molar refractivity (Wildman–Crippen MR) is 97.4 cm³/mol. The fraction of sp³-hybridized carbons (Fsp3) is 0.667. The summed E-state index contributed by atoms with van der Waals surface area (Å²) in [7, 11) is 0. The fourth-order valence-corrected chi connectivity index (χ4v) is 4.12. The van der Waals surface area contributed by atoms with E-state index in [9.17, 15) is 9.59 Å². The number of nitrogens with two attached hydrogens (primary N) is 1. The van der Waals surface area contributed by atoms with E-state index in [1.807, 2.05) is 20.8 Å². The number of primary amides is 1. The normalized spacial score (nSPS) is 18.5. The second-order valence-corrected chi connectivity index (χ2v) is 8.20. The summed E-state index contributed by atoms with van der Waals surface area (Å²) in [5, 5.41) is 0.422. The zero-order valence-electron chi connectivity index (χ0n) is 15.5. The van der Waals surface area contributed by atoms with E-state index in [-0.39, 0.29) is 12.5 Å². The molecule has 0 aromatic carbocycles. The van der Waals surface area contributed by atoms with Crippen molar-refractivity contribution in [2.24, 2.45) is 5.73 Å². The Balaban J connectivity index is 1.94. The van der Waals surface area contributed by atoms with Gasteiger partial charge in [-0.3, -0.25) is 4.79 Å². The maximum Gasteiger partial charge on any atom is 0.410 e. The van der Waals surface area contributed by atoms with Crippen LogP contribution in [0.1, 0.15) is 61.3 Å². The number of halogens is 1. The van der Waals surface area contributed by atoms with E-state index in [1.165, 1.54) is 0 Å². The zero-order chi connectivity index (χ0) is 19.1. The summed E-state index contributed by atoms with van der Waals surface area (Å²) in [6, 6.07) is 0. The first-order valence-electron chi connectivity index (χ1n) is 8.95. The third-order valence-corrected chi connectivity index (χ3v) is 5.17. The summed E-state index contributed by atoms with van der Waals surface area (Å²) >= 11 is 6.58. The molecule has 2 aliphatic rings. The molecular weight excluding hydrogens is 358 g/mol. The maximum atomic E-state index is 12.4. The van der Waals surface area contributed by atoms with E-state index in [0.717, 1.165) is 18.5 Å². The second kappa shape index (κ2) is 7.12. The van der Waals surface area contributed by atoms with Crippen LogP contribution in [0.25, 0.3) is 0 Å². The molecule has 2 amide bonds. The van der Waals surface area contributed by atoms with Crippen LogP contribution >= 0.6 is 11.6 Å². The van der Waals surface area contributed by atoms with E-state index in [1.54, 1.807) is 4.90 Å². The van der Waals surface area contributed by atoms with Gasteiger partial charge in [-0.15, -0.1) is 0 Å². The Labute approximate surface area is 158 Å². The van der Waals surface area contributed by atoms with Gasteiger partial charge in [0, 0.05) is 37.9 Å². The molecule has 1 aromatic heterocycles. The highest BCUT2D eigenvalue weighted by Crippen LogP contribution is 2.39. The third kappa shape index (κ3) is 3.69. The fourth-order valence-electron chi connectivity index (χ4n) is 3.66. The quantitative estimate of drug-likeness (QED) is 0.850. The van der Waals surface area contributed by atoms with Gasteiger partial charge < -0.3 is 24.7 Å². The Morgan fingerprint density at radius 2 is 1.88 bits per heavy atom. The Bertz CT molecular complexity index is 717. The van der Waals surface area contributed by atoms with Gasteiger partial charge in [-0.25, -0.2) is 4.79 Å². The molecule has 8 heteroatoms. The first kappa shape index (κ1) is 19.0. The van der Waals surface area contributed by atoms with Crippen LogP contribution in [-0.2, 0) is 22.6 Å². The van der Waals surface area contributed by atoms with Crippen molar-refractivity contribution in [2.45, 2.75) is 58.2 Å². The number of aromatic nitrogens is 1.